The van der Waals surface area contributed by atoms with Gasteiger partial charge in [-0.05, 0) is 48.0 Å². The van der Waals surface area contributed by atoms with Crippen molar-refractivity contribution in [1.82, 2.24) is 4.98 Å². The van der Waals surface area contributed by atoms with Crippen molar-refractivity contribution < 1.29 is 17.9 Å². The van der Waals surface area contributed by atoms with Crippen molar-refractivity contribution in [3.8, 4) is 17.6 Å². The van der Waals surface area contributed by atoms with Gasteiger partial charge in [0.1, 0.15) is 0 Å². The summed E-state index contributed by atoms with van der Waals surface area (Å²) in [6.45, 7) is 0.194. The number of pyridine rings is 1. The molecule has 0 amide bonds. The number of hydrogen-bond donors (Lipinski definition) is 0. The Bertz CT molecular complexity index is 1140. The van der Waals surface area contributed by atoms with E-state index in [1.807, 2.05) is 6.07 Å². The molecule has 2 heterocycles. The number of nitrogens with zero attached hydrogens (tertiary/aromatic N) is 3. The minimum absolute atomic E-state index is 0.0908. The lowest BCUT2D eigenvalue weighted by Gasteiger charge is -2.25. The van der Waals surface area contributed by atoms with E-state index in [9.17, 15) is 8.42 Å². The minimum Gasteiger partial charge on any atom is -0.454 e. The maximum atomic E-state index is 13.4. The number of benzene rings is 2. The van der Waals surface area contributed by atoms with Crippen LogP contribution in [0.4, 0.5) is 5.69 Å². The SMILES string of the molecule is N#Cc1ccc(S(=O)(=O)N(Cc2cccnc2)c2ccc3c(c2)OCO3)cc1. The topological polar surface area (TPSA) is 92.5 Å². The van der Waals surface area contributed by atoms with Gasteiger partial charge in [-0.25, -0.2) is 8.42 Å². The van der Waals surface area contributed by atoms with E-state index in [1.54, 1.807) is 42.7 Å². The zero-order chi connectivity index (χ0) is 19.6. The van der Waals surface area contributed by atoms with Gasteiger partial charge in [-0.3, -0.25) is 9.29 Å². The molecule has 140 valence electrons. The molecule has 0 N–H and O–H groups in total. The summed E-state index contributed by atoms with van der Waals surface area (Å²) < 4.78 is 38.8. The van der Waals surface area contributed by atoms with E-state index < -0.39 is 10.0 Å². The first-order valence-electron chi connectivity index (χ1n) is 8.39. The number of rotatable bonds is 5. The smallest absolute Gasteiger partial charge is 0.264 e. The van der Waals surface area contributed by atoms with Crippen molar-refractivity contribution in [3.05, 3.63) is 78.1 Å². The molecule has 0 radical (unpaired) electrons. The van der Waals surface area contributed by atoms with E-state index in [1.165, 1.54) is 28.6 Å². The minimum atomic E-state index is -3.89. The Kier molecular flexibility index (Phi) is 4.59. The molecule has 1 aromatic heterocycles. The van der Waals surface area contributed by atoms with Crippen LogP contribution < -0.4 is 13.8 Å². The third-order valence-corrected chi connectivity index (χ3v) is 6.05. The second kappa shape index (κ2) is 7.21. The van der Waals surface area contributed by atoms with Crippen molar-refractivity contribution >= 4 is 15.7 Å². The molecule has 1 aliphatic rings. The molecule has 3 aromatic rings. The van der Waals surface area contributed by atoms with Crippen LogP contribution in [-0.2, 0) is 16.6 Å². The first-order chi connectivity index (χ1) is 13.6. The van der Waals surface area contributed by atoms with Gasteiger partial charge in [-0.2, -0.15) is 5.26 Å². The highest BCUT2D eigenvalue weighted by Gasteiger charge is 2.27. The summed E-state index contributed by atoms with van der Waals surface area (Å²) in [6.07, 6.45) is 3.25. The van der Waals surface area contributed by atoms with Crippen LogP contribution in [0.15, 0.2) is 71.9 Å². The maximum absolute atomic E-state index is 13.4. The predicted molar refractivity (Wildman–Crippen MR) is 101 cm³/mol. The summed E-state index contributed by atoms with van der Waals surface area (Å²) in [6, 6.07) is 16.4. The second-order valence-corrected chi connectivity index (χ2v) is 7.91. The zero-order valence-electron chi connectivity index (χ0n) is 14.6. The van der Waals surface area contributed by atoms with Gasteiger partial charge in [0.2, 0.25) is 6.79 Å². The largest absolute Gasteiger partial charge is 0.454 e. The third kappa shape index (κ3) is 3.35. The van der Waals surface area contributed by atoms with Crippen molar-refractivity contribution in [2.24, 2.45) is 0 Å². The van der Waals surface area contributed by atoms with Crippen LogP contribution >= 0.6 is 0 Å². The lowest BCUT2D eigenvalue weighted by atomic mass is 10.2. The monoisotopic (exact) mass is 393 g/mol. The Labute approximate surface area is 162 Å². The van der Waals surface area contributed by atoms with Crippen LogP contribution in [0.1, 0.15) is 11.1 Å². The predicted octanol–water partition coefficient (Wildman–Crippen LogP) is 3.08. The molecule has 0 atom stereocenters. The molecule has 1 aliphatic heterocycles. The van der Waals surface area contributed by atoms with Gasteiger partial charge in [0.25, 0.3) is 10.0 Å². The van der Waals surface area contributed by atoms with Crippen molar-refractivity contribution in [2.75, 3.05) is 11.1 Å². The quantitative estimate of drug-likeness (QED) is 0.661. The summed E-state index contributed by atoms with van der Waals surface area (Å²) >= 11 is 0. The number of fused-ring (bicyclic) bond motifs is 1. The zero-order valence-corrected chi connectivity index (χ0v) is 15.5. The van der Waals surface area contributed by atoms with Crippen LogP contribution in [0, 0.1) is 11.3 Å². The Morgan fingerprint density at radius 3 is 2.57 bits per heavy atom. The maximum Gasteiger partial charge on any atom is 0.264 e. The highest BCUT2D eigenvalue weighted by Crippen LogP contribution is 2.37. The average Bonchev–Trinajstić information content (AvgIpc) is 3.20. The molecule has 8 heteroatoms. The Morgan fingerprint density at radius 1 is 1.07 bits per heavy atom. The van der Waals surface area contributed by atoms with Crippen LogP contribution in [0.3, 0.4) is 0 Å². The fraction of sp³-hybridized carbons (Fsp3) is 0.100. The number of hydrogen-bond acceptors (Lipinski definition) is 6. The van der Waals surface area contributed by atoms with E-state index in [-0.39, 0.29) is 18.2 Å². The number of ether oxygens (including phenoxy) is 2. The van der Waals surface area contributed by atoms with E-state index in [0.29, 0.717) is 22.7 Å². The van der Waals surface area contributed by atoms with Gasteiger partial charge < -0.3 is 9.47 Å². The lowest BCUT2D eigenvalue weighted by Crippen LogP contribution is -2.30. The molecule has 0 unspecified atom stereocenters. The Balaban J connectivity index is 1.78. The van der Waals surface area contributed by atoms with E-state index >= 15 is 0 Å². The molecule has 0 saturated heterocycles. The molecule has 0 spiro atoms. The molecular formula is C20H15N3O4S. The fourth-order valence-corrected chi connectivity index (χ4v) is 4.29. The number of aromatic nitrogens is 1. The van der Waals surface area contributed by atoms with Crippen LogP contribution in [-0.4, -0.2) is 20.2 Å². The molecular weight excluding hydrogens is 378 g/mol. The van der Waals surface area contributed by atoms with Gasteiger partial charge in [-0.1, -0.05) is 6.07 Å². The van der Waals surface area contributed by atoms with Gasteiger partial charge in [-0.15, -0.1) is 0 Å². The van der Waals surface area contributed by atoms with Gasteiger partial charge in [0.05, 0.1) is 28.8 Å². The standard InChI is InChI=1S/C20H15N3O4S/c21-11-15-3-6-18(7-4-15)28(24,25)23(13-16-2-1-9-22-12-16)17-5-8-19-20(10-17)27-14-26-19/h1-10,12H,13-14H2. The first kappa shape index (κ1) is 17.8. The first-order valence-corrected chi connectivity index (χ1v) is 9.83. The van der Waals surface area contributed by atoms with Crippen LogP contribution in [0.25, 0.3) is 0 Å². The molecule has 0 fully saturated rings. The Hall–Kier alpha value is -3.57. The summed E-state index contributed by atoms with van der Waals surface area (Å²) in [7, 11) is -3.89. The van der Waals surface area contributed by atoms with E-state index in [0.717, 1.165) is 5.56 Å². The average molecular weight is 393 g/mol. The van der Waals surface area contributed by atoms with Crippen molar-refractivity contribution in [2.45, 2.75) is 11.4 Å². The number of nitriles is 1. The van der Waals surface area contributed by atoms with Gasteiger partial charge >= 0.3 is 0 Å². The number of anilines is 1. The fourth-order valence-electron chi connectivity index (χ4n) is 2.84. The van der Waals surface area contributed by atoms with E-state index in [2.05, 4.69) is 4.98 Å². The summed E-state index contributed by atoms with van der Waals surface area (Å²) in [5, 5.41) is 8.96. The van der Waals surface area contributed by atoms with E-state index in [4.69, 9.17) is 14.7 Å². The molecule has 7 nitrogen and oxygen atoms in total. The molecule has 28 heavy (non-hydrogen) atoms. The molecule has 0 aliphatic carbocycles. The van der Waals surface area contributed by atoms with Crippen molar-refractivity contribution in [1.29, 1.82) is 5.26 Å². The normalized spacial score (nSPS) is 12.4. The molecule has 0 saturated carbocycles. The van der Waals surface area contributed by atoms with Gasteiger partial charge in [0, 0.05) is 18.5 Å². The highest BCUT2D eigenvalue weighted by molar-refractivity contribution is 7.92. The molecule has 2 aromatic carbocycles. The second-order valence-electron chi connectivity index (χ2n) is 6.05. The molecule has 0 bridgehead atoms. The highest BCUT2D eigenvalue weighted by atomic mass is 32.2. The van der Waals surface area contributed by atoms with Crippen LogP contribution in [0.2, 0.25) is 0 Å². The lowest BCUT2D eigenvalue weighted by molar-refractivity contribution is 0.174. The Morgan fingerprint density at radius 2 is 1.86 bits per heavy atom. The summed E-state index contributed by atoms with van der Waals surface area (Å²) in [5.41, 5.74) is 1.57. The third-order valence-electron chi connectivity index (χ3n) is 4.26. The van der Waals surface area contributed by atoms with Gasteiger partial charge in [0.15, 0.2) is 11.5 Å². The summed E-state index contributed by atoms with van der Waals surface area (Å²) in [4.78, 5) is 4.16. The number of sulfonamides is 1. The molecule has 4 rings (SSSR count). The summed E-state index contributed by atoms with van der Waals surface area (Å²) in [5.74, 6) is 1.06. The van der Waals surface area contributed by atoms with Crippen LogP contribution in [0.5, 0.6) is 11.5 Å². The van der Waals surface area contributed by atoms with Crippen molar-refractivity contribution in [3.63, 3.8) is 0 Å².